The summed E-state index contributed by atoms with van der Waals surface area (Å²) in [6, 6.07) is 6.45. The van der Waals surface area contributed by atoms with Crippen LogP contribution in [0.1, 0.15) is 69.9 Å². The monoisotopic (exact) mass is 382 g/mol. The first-order valence-corrected chi connectivity index (χ1v) is 10.8. The smallest absolute Gasteiger partial charge is 0.126 e. The molecule has 0 saturated heterocycles. The summed E-state index contributed by atoms with van der Waals surface area (Å²) in [6.45, 7) is 6.04. The van der Waals surface area contributed by atoms with Gasteiger partial charge in [-0.05, 0) is 31.2 Å². The molecule has 152 valence electrons. The lowest BCUT2D eigenvalue weighted by atomic mass is 9.86. The second-order valence-electron chi connectivity index (χ2n) is 8.34. The fourth-order valence-corrected chi connectivity index (χ4v) is 4.55. The fraction of sp³-hybridized carbons (Fsp3) is 0.600. The van der Waals surface area contributed by atoms with Gasteiger partial charge in [0.05, 0.1) is 12.2 Å². The highest BCUT2D eigenvalue weighted by Crippen LogP contribution is 2.52. The van der Waals surface area contributed by atoms with E-state index in [2.05, 4.69) is 37.0 Å². The Bertz CT molecular complexity index is 742. The van der Waals surface area contributed by atoms with E-state index < -0.39 is 12.2 Å². The van der Waals surface area contributed by atoms with Crippen LogP contribution in [0.2, 0.25) is 0 Å². The Balaban J connectivity index is 1.75. The molecule has 1 heterocycles. The Morgan fingerprint density at radius 2 is 2.14 bits per heavy atom. The van der Waals surface area contributed by atoms with Crippen LogP contribution in [-0.2, 0) is 6.42 Å². The minimum Gasteiger partial charge on any atom is -0.489 e. The van der Waals surface area contributed by atoms with Gasteiger partial charge in [0.25, 0.3) is 0 Å². The molecule has 28 heavy (non-hydrogen) atoms. The summed E-state index contributed by atoms with van der Waals surface area (Å²) in [5, 5.41) is 21.0. The molecule has 2 aliphatic rings. The number of aryl methyl sites for hydroxylation is 1. The minimum atomic E-state index is -0.547. The van der Waals surface area contributed by atoms with Crippen LogP contribution in [0, 0.1) is 23.7 Å². The fourth-order valence-electron chi connectivity index (χ4n) is 4.55. The average molecular weight is 383 g/mol. The van der Waals surface area contributed by atoms with Crippen molar-refractivity contribution in [1.29, 1.82) is 0 Å². The van der Waals surface area contributed by atoms with E-state index >= 15 is 0 Å². The highest BCUT2D eigenvalue weighted by molar-refractivity contribution is 5.49. The summed E-state index contributed by atoms with van der Waals surface area (Å²) in [5.74, 6) is 7.19. The van der Waals surface area contributed by atoms with E-state index in [4.69, 9.17) is 4.74 Å². The van der Waals surface area contributed by atoms with Crippen molar-refractivity contribution in [3.05, 3.63) is 41.5 Å². The molecule has 1 aromatic rings. The van der Waals surface area contributed by atoms with E-state index in [1.807, 2.05) is 26.0 Å². The molecule has 0 radical (unpaired) electrons. The topological polar surface area (TPSA) is 49.7 Å². The molecular formula is C25H34O3. The van der Waals surface area contributed by atoms with Gasteiger partial charge < -0.3 is 14.9 Å². The molecule has 0 bridgehead atoms. The van der Waals surface area contributed by atoms with Crippen LogP contribution < -0.4 is 4.74 Å². The summed E-state index contributed by atoms with van der Waals surface area (Å²) in [7, 11) is 0. The summed E-state index contributed by atoms with van der Waals surface area (Å²) in [6.07, 6.45) is 8.92. The van der Waals surface area contributed by atoms with Crippen molar-refractivity contribution in [2.75, 3.05) is 0 Å². The van der Waals surface area contributed by atoms with Crippen molar-refractivity contribution in [3.63, 3.8) is 0 Å². The summed E-state index contributed by atoms with van der Waals surface area (Å²) in [5.41, 5.74) is 2.52. The van der Waals surface area contributed by atoms with Gasteiger partial charge in [-0.2, -0.15) is 0 Å². The van der Waals surface area contributed by atoms with Crippen LogP contribution in [0.15, 0.2) is 30.4 Å². The van der Waals surface area contributed by atoms with E-state index in [1.54, 1.807) is 0 Å². The average Bonchev–Trinajstić information content (AvgIpc) is 3.19. The summed E-state index contributed by atoms with van der Waals surface area (Å²) < 4.78 is 6.33. The number of rotatable bonds is 8. The van der Waals surface area contributed by atoms with Gasteiger partial charge in [0.15, 0.2) is 0 Å². The van der Waals surface area contributed by atoms with Gasteiger partial charge in [0.2, 0.25) is 0 Å². The van der Waals surface area contributed by atoms with Gasteiger partial charge in [-0.3, -0.25) is 0 Å². The molecule has 0 spiro atoms. The van der Waals surface area contributed by atoms with Gasteiger partial charge in [-0.1, -0.05) is 57.0 Å². The second-order valence-corrected chi connectivity index (χ2v) is 8.34. The van der Waals surface area contributed by atoms with E-state index in [1.165, 1.54) is 30.4 Å². The van der Waals surface area contributed by atoms with Crippen LogP contribution in [0.3, 0.4) is 0 Å². The molecular weight excluding hydrogens is 348 g/mol. The maximum atomic E-state index is 10.6. The number of hydrogen-bond acceptors (Lipinski definition) is 3. The van der Waals surface area contributed by atoms with Crippen LogP contribution in [-0.4, -0.2) is 28.5 Å². The highest BCUT2D eigenvalue weighted by Gasteiger charge is 2.48. The zero-order valence-corrected chi connectivity index (χ0v) is 17.4. The number of para-hydroxylation sites is 1. The molecule has 3 rings (SSSR count). The van der Waals surface area contributed by atoms with E-state index in [0.29, 0.717) is 12.8 Å². The van der Waals surface area contributed by atoms with Gasteiger partial charge >= 0.3 is 0 Å². The molecule has 3 nitrogen and oxygen atoms in total. The second kappa shape index (κ2) is 9.63. The first-order chi connectivity index (χ1) is 13.6. The largest absolute Gasteiger partial charge is 0.489 e. The minimum absolute atomic E-state index is 0.0174. The molecule has 3 heteroatoms. The third-order valence-corrected chi connectivity index (χ3v) is 6.25. The highest BCUT2D eigenvalue weighted by atomic mass is 16.5. The third-order valence-electron chi connectivity index (χ3n) is 6.25. The zero-order valence-electron chi connectivity index (χ0n) is 17.4. The van der Waals surface area contributed by atoms with Crippen LogP contribution >= 0.6 is 0 Å². The molecule has 0 aromatic heterocycles. The third kappa shape index (κ3) is 4.45. The maximum Gasteiger partial charge on any atom is 0.126 e. The molecule has 6 atom stereocenters. The normalized spacial score (nSPS) is 27.6. The molecule has 1 aromatic carbocycles. The zero-order chi connectivity index (χ0) is 20.1. The molecule has 1 saturated carbocycles. The quantitative estimate of drug-likeness (QED) is 0.392. The Morgan fingerprint density at radius 1 is 1.32 bits per heavy atom. The molecule has 1 aliphatic carbocycles. The number of hydrogen-bond donors (Lipinski definition) is 2. The van der Waals surface area contributed by atoms with Crippen LogP contribution in [0.25, 0.3) is 0 Å². The van der Waals surface area contributed by atoms with Crippen molar-refractivity contribution in [1.82, 2.24) is 0 Å². The van der Waals surface area contributed by atoms with Gasteiger partial charge in [-0.15, -0.1) is 11.8 Å². The molecule has 1 fully saturated rings. The van der Waals surface area contributed by atoms with Gasteiger partial charge in [0, 0.05) is 30.2 Å². The van der Waals surface area contributed by atoms with Crippen LogP contribution in [0.4, 0.5) is 0 Å². The SMILES string of the molecule is CC#CC[C@H](C)[C@H](O)C=C[C@@H]1[C@H]2c3cccc(CCCCC)c3O[C@H]2C[C@H]1O. The van der Waals surface area contributed by atoms with Crippen molar-refractivity contribution >= 4 is 0 Å². The molecule has 1 aliphatic heterocycles. The Kier molecular flexibility index (Phi) is 7.21. The van der Waals surface area contributed by atoms with Gasteiger partial charge in [0.1, 0.15) is 11.9 Å². The predicted molar refractivity (Wildman–Crippen MR) is 113 cm³/mol. The predicted octanol–water partition coefficient (Wildman–Crippen LogP) is 4.61. The Morgan fingerprint density at radius 3 is 2.89 bits per heavy atom. The summed E-state index contributed by atoms with van der Waals surface area (Å²) in [4.78, 5) is 0. The number of benzene rings is 1. The lowest BCUT2D eigenvalue weighted by Gasteiger charge is -2.19. The van der Waals surface area contributed by atoms with Gasteiger partial charge in [-0.25, -0.2) is 0 Å². The maximum absolute atomic E-state index is 10.6. The molecule has 2 N–H and O–H groups in total. The Hall–Kier alpha value is -1.76. The lowest BCUT2D eigenvalue weighted by molar-refractivity contribution is 0.134. The lowest BCUT2D eigenvalue weighted by Crippen LogP contribution is -2.19. The number of ether oxygens (including phenoxy) is 1. The first kappa shape index (κ1) is 21.0. The van der Waals surface area contributed by atoms with Crippen molar-refractivity contribution in [2.24, 2.45) is 11.8 Å². The number of fused-ring (bicyclic) bond motifs is 3. The van der Waals surface area contributed by atoms with Crippen molar-refractivity contribution < 1.29 is 14.9 Å². The Labute approximate surface area is 169 Å². The number of aliphatic hydroxyl groups is 2. The number of unbranched alkanes of at least 4 members (excludes halogenated alkanes) is 2. The van der Waals surface area contributed by atoms with Crippen LogP contribution in [0.5, 0.6) is 5.75 Å². The van der Waals surface area contributed by atoms with Crippen molar-refractivity contribution in [3.8, 4) is 17.6 Å². The summed E-state index contributed by atoms with van der Waals surface area (Å²) >= 11 is 0. The van der Waals surface area contributed by atoms with E-state index in [0.717, 1.165) is 12.2 Å². The van der Waals surface area contributed by atoms with E-state index in [-0.39, 0.29) is 23.9 Å². The van der Waals surface area contributed by atoms with E-state index in [9.17, 15) is 10.2 Å². The number of aliphatic hydroxyl groups excluding tert-OH is 2. The standard InChI is InChI=1S/C25H34O3/c1-4-6-8-11-18-12-9-13-20-24-19(22(27)16-23(24)28-25(18)20)14-15-21(26)17(3)10-7-5-2/h9,12-15,17,19,21-24,26-27H,4,6,8,10-11,16H2,1-3H3/t17-,19-,21+,22+,23-,24-/m0/s1. The van der Waals surface area contributed by atoms with Crippen molar-refractivity contribution in [2.45, 2.75) is 83.5 Å². The first-order valence-electron chi connectivity index (χ1n) is 10.8. The molecule has 0 amide bonds. The molecule has 0 unspecified atom stereocenters.